The molecule has 6 heteroatoms. The third-order valence-corrected chi connectivity index (χ3v) is 4.04. The normalized spacial score (nSPS) is 17.8. The number of carboxylic acid groups (broad SMARTS) is 1. The standard InChI is InChI=1S/C17H22FNO4/c18-14-4-6-15(7-5-14)23-11-9-16(20)19-10-1-2-13(12-19)3-8-17(21)22/h4-7,13H,1-3,8-12H2,(H,21,22). The zero-order chi connectivity index (χ0) is 16.7. The maximum absolute atomic E-state index is 12.8. The summed E-state index contributed by atoms with van der Waals surface area (Å²) in [5.41, 5.74) is 0. The van der Waals surface area contributed by atoms with Crippen LogP contribution < -0.4 is 4.74 Å². The van der Waals surface area contributed by atoms with Crippen LogP contribution in [-0.4, -0.2) is 41.6 Å². The molecule has 1 aromatic carbocycles. The van der Waals surface area contributed by atoms with Gasteiger partial charge in [0.15, 0.2) is 0 Å². The van der Waals surface area contributed by atoms with Crippen LogP contribution in [0.1, 0.15) is 32.1 Å². The minimum Gasteiger partial charge on any atom is -0.493 e. The third kappa shape index (κ3) is 5.88. The summed E-state index contributed by atoms with van der Waals surface area (Å²) in [5, 5.41) is 8.74. The van der Waals surface area contributed by atoms with Crippen molar-refractivity contribution in [1.29, 1.82) is 0 Å². The molecule has 0 spiro atoms. The van der Waals surface area contributed by atoms with E-state index in [-0.39, 0.29) is 37.1 Å². The molecule has 0 bridgehead atoms. The molecule has 5 nitrogen and oxygen atoms in total. The van der Waals surface area contributed by atoms with Crippen LogP contribution in [0.2, 0.25) is 0 Å². The van der Waals surface area contributed by atoms with Gasteiger partial charge in [-0.2, -0.15) is 0 Å². The van der Waals surface area contributed by atoms with Crippen LogP contribution in [0.25, 0.3) is 0 Å². The van der Waals surface area contributed by atoms with Gasteiger partial charge in [-0.1, -0.05) is 0 Å². The second-order valence-corrected chi connectivity index (χ2v) is 5.83. The number of hydrogen-bond donors (Lipinski definition) is 1. The number of carbonyl (C=O) groups excluding carboxylic acids is 1. The van der Waals surface area contributed by atoms with E-state index in [9.17, 15) is 14.0 Å². The van der Waals surface area contributed by atoms with Crippen molar-refractivity contribution >= 4 is 11.9 Å². The fraction of sp³-hybridized carbons (Fsp3) is 0.529. The van der Waals surface area contributed by atoms with Gasteiger partial charge in [0.1, 0.15) is 11.6 Å². The number of carboxylic acids is 1. The van der Waals surface area contributed by atoms with E-state index in [1.54, 1.807) is 4.90 Å². The first-order chi connectivity index (χ1) is 11.0. The highest BCUT2D eigenvalue weighted by Gasteiger charge is 2.23. The van der Waals surface area contributed by atoms with Gasteiger partial charge in [0.25, 0.3) is 0 Å². The second kappa shape index (κ2) is 8.50. The van der Waals surface area contributed by atoms with Crippen LogP contribution in [0, 0.1) is 11.7 Å². The number of nitrogens with zero attached hydrogens (tertiary/aromatic N) is 1. The Morgan fingerprint density at radius 1 is 1.26 bits per heavy atom. The molecule has 2 rings (SSSR count). The van der Waals surface area contributed by atoms with E-state index >= 15 is 0 Å². The average Bonchev–Trinajstić information content (AvgIpc) is 2.55. The first-order valence-electron chi connectivity index (χ1n) is 7.92. The summed E-state index contributed by atoms with van der Waals surface area (Å²) in [6.07, 6.45) is 2.92. The molecule has 0 saturated carbocycles. The predicted molar refractivity (Wildman–Crippen MR) is 82.7 cm³/mol. The Hall–Kier alpha value is -2.11. The fourth-order valence-electron chi connectivity index (χ4n) is 2.80. The lowest BCUT2D eigenvalue weighted by atomic mass is 9.93. The number of ether oxygens (including phenoxy) is 1. The second-order valence-electron chi connectivity index (χ2n) is 5.83. The number of amides is 1. The van der Waals surface area contributed by atoms with Crippen molar-refractivity contribution in [3.63, 3.8) is 0 Å². The minimum absolute atomic E-state index is 0.0205. The van der Waals surface area contributed by atoms with Crippen molar-refractivity contribution in [2.75, 3.05) is 19.7 Å². The quantitative estimate of drug-likeness (QED) is 0.838. The van der Waals surface area contributed by atoms with Crippen molar-refractivity contribution in [3.05, 3.63) is 30.1 Å². The maximum atomic E-state index is 12.8. The maximum Gasteiger partial charge on any atom is 0.303 e. The van der Waals surface area contributed by atoms with Gasteiger partial charge in [0, 0.05) is 19.5 Å². The number of carbonyl (C=O) groups is 2. The van der Waals surface area contributed by atoms with Crippen molar-refractivity contribution in [2.24, 2.45) is 5.92 Å². The molecule has 0 radical (unpaired) electrons. The van der Waals surface area contributed by atoms with E-state index in [2.05, 4.69) is 0 Å². The first-order valence-corrected chi connectivity index (χ1v) is 7.92. The molecule has 1 heterocycles. The smallest absolute Gasteiger partial charge is 0.303 e. The molecule has 1 aliphatic rings. The molecule has 0 aromatic heterocycles. The van der Waals surface area contributed by atoms with Crippen molar-refractivity contribution in [3.8, 4) is 5.75 Å². The monoisotopic (exact) mass is 323 g/mol. The van der Waals surface area contributed by atoms with Gasteiger partial charge in [0.2, 0.25) is 5.91 Å². The van der Waals surface area contributed by atoms with Gasteiger partial charge in [-0.05, 0) is 49.4 Å². The Kier molecular flexibility index (Phi) is 6.38. The Labute approximate surface area is 135 Å². The molecule has 1 unspecified atom stereocenters. The lowest BCUT2D eigenvalue weighted by Gasteiger charge is -2.32. The number of aliphatic carboxylic acids is 1. The predicted octanol–water partition coefficient (Wildman–Crippen LogP) is 2.70. The highest BCUT2D eigenvalue weighted by atomic mass is 19.1. The molecule has 0 aliphatic carbocycles. The van der Waals surface area contributed by atoms with E-state index in [0.717, 1.165) is 19.4 Å². The molecule has 1 saturated heterocycles. The summed E-state index contributed by atoms with van der Waals surface area (Å²) in [4.78, 5) is 24.6. The fourth-order valence-corrected chi connectivity index (χ4v) is 2.80. The van der Waals surface area contributed by atoms with Gasteiger partial charge in [0.05, 0.1) is 13.0 Å². The Balaban J connectivity index is 1.72. The summed E-state index contributed by atoms with van der Waals surface area (Å²) in [6, 6.07) is 5.69. The molecular weight excluding hydrogens is 301 g/mol. The average molecular weight is 323 g/mol. The van der Waals surface area contributed by atoms with E-state index in [4.69, 9.17) is 9.84 Å². The summed E-state index contributed by atoms with van der Waals surface area (Å²) in [5.74, 6) is -0.290. The highest BCUT2D eigenvalue weighted by molar-refractivity contribution is 5.76. The summed E-state index contributed by atoms with van der Waals surface area (Å²) in [7, 11) is 0. The molecule has 1 aromatic rings. The molecular formula is C17H22FNO4. The largest absolute Gasteiger partial charge is 0.493 e. The zero-order valence-corrected chi connectivity index (χ0v) is 13.0. The number of hydrogen-bond acceptors (Lipinski definition) is 3. The van der Waals surface area contributed by atoms with Crippen molar-refractivity contribution in [1.82, 2.24) is 4.90 Å². The molecule has 23 heavy (non-hydrogen) atoms. The Bertz CT molecular complexity index is 532. The van der Waals surface area contributed by atoms with E-state index in [1.165, 1.54) is 24.3 Å². The lowest BCUT2D eigenvalue weighted by Crippen LogP contribution is -2.40. The Morgan fingerprint density at radius 3 is 2.70 bits per heavy atom. The van der Waals surface area contributed by atoms with Gasteiger partial charge in [-0.3, -0.25) is 9.59 Å². The topological polar surface area (TPSA) is 66.8 Å². The Morgan fingerprint density at radius 2 is 2.00 bits per heavy atom. The number of rotatable bonds is 7. The molecule has 126 valence electrons. The van der Waals surface area contributed by atoms with Crippen LogP contribution in [0.5, 0.6) is 5.75 Å². The summed E-state index contributed by atoms with van der Waals surface area (Å²) in [6.45, 7) is 1.60. The van der Waals surface area contributed by atoms with Crippen LogP contribution in [-0.2, 0) is 9.59 Å². The first kappa shape index (κ1) is 17.2. The zero-order valence-electron chi connectivity index (χ0n) is 13.0. The summed E-state index contributed by atoms with van der Waals surface area (Å²) < 4.78 is 18.2. The molecule has 1 N–H and O–H groups in total. The van der Waals surface area contributed by atoms with Crippen LogP contribution >= 0.6 is 0 Å². The molecule has 1 atom stereocenters. The number of piperidine rings is 1. The minimum atomic E-state index is -0.791. The van der Waals surface area contributed by atoms with Gasteiger partial charge < -0.3 is 14.7 Å². The lowest BCUT2D eigenvalue weighted by molar-refractivity contribution is -0.137. The molecule has 1 fully saturated rings. The van der Waals surface area contributed by atoms with Crippen LogP contribution in [0.3, 0.4) is 0 Å². The van der Waals surface area contributed by atoms with E-state index in [1.807, 2.05) is 0 Å². The van der Waals surface area contributed by atoms with Crippen molar-refractivity contribution < 1.29 is 23.8 Å². The molecule has 1 amide bonds. The third-order valence-electron chi connectivity index (χ3n) is 4.04. The SMILES string of the molecule is O=C(O)CCC1CCCN(C(=O)CCOc2ccc(F)cc2)C1. The van der Waals surface area contributed by atoms with Crippen LogP contribution in [0.15, 0.2) is 24.3 Å². The van der Waals surface area contributed by atoms with E-state index < -0.39 is 5.97 Å². The van der Waals surface area contributed by atoms with Gasteiger partial charge in [-0.15, -0.1) is 0 Å². The number of benzene rings is 1. The number of likely N-dealkylation sites (tertiary alicyclic amines) is 1. The van der Waals surface area contributed by atoms with Crippen molar-refractivity contribution in [2.45, 2.75) is 32.1 Å². The van der Waals surface area contributed by atoms with Gasteiger partial charge in [-0.25, -0.2) is 4.39 Å². The number of halogens is 1. The van der Waals surface area contributed by atoms with Gasteiger partial charge >= 0.3 is 5.97 Å². The highest BCUT2D eigenvalue weighted by Crippen LogP contribution is 2.21. The van der Waals surface area contributed by atoms with Crippen LogP contribution in [0.4, 0.5) is 4.39 Å². The summed E-state index contributed by atoms with van der Waals surface area (Å²) >= 11 is 0. The van der Waals surface area contributed by atoms with E-state index in [0.29, 0.717) is 18.7 Å². The molecule has 1 aliphatic heterocycles.